The van der Waals surface area contributed by atoms with Crippen molar-refractivity contribution in [3.63, 3.8) is 0 Å². The minimum absolute atomic E-state index is 0.0934. The summed E-state index contributed by atoms with van der Waals surface area (Å²) >= 11 is 0. The number of carbonyl (C=O) groups excluding carboxylic acids is 2. The normalized spacial score (nSPS) is 24.8. The largest absolute Gasteiger partial charge is 0.486 e. The molecule has 3 aliphatic rings. The third-order valence-corrected chi connectivity index (χ3v) is 5.38. The van der Waals surface area contributed by atoms with Gasteiger partial charge >= 0.3 is 5.97 Å². The second kappa shape index (κ2) is 7.09. The first kappa shape index (κ1) is 17.6. The zero-order valence-electron chi connectivity index (χ0n) is 14.9. The van der Waals surface area contributed by atoms with Crippen LogP contribution in [-0.4, -0.2) is 60.1 Å². The summed E-state index contributed by atoms with van der Waals surface area (Å²) in [5.74, 6) is -0.656. The molecular formula is C19H22N2O6. The number of amides is 2. The minimum Gasteiger partial charge on any atom is -0.486 e. The molecule has 1 N–H and O–H groups in total. The summed E-state index contributed by atoms with van der Waals surface area (Å²) in [5, 5.41) is 9.40. The zero-order chi connectivity index (χ0) is 19.0. The SMILES string of the molecule is O=C(O)C1CCCCN1C(=O)C1CC(=O)N(c2ccc3c(c2)OCCO3)C1. The van der Waals surface area contributed by atoms with Gasteiger partial charge in [-0.2, -0.15) is 0 Å². The van der Waals surface area contributed by atoms with Crippen molar-refractivity contribution in [1.82, 2.24) is 4.90 Å². The van der Waals surface area contributed by atoms with Gasteiger partial charge in [-0.25, -0.2) is 4.79 Å². The van der Waals surface area contributed by atoms with E-state index in [1.165, 1.54) is 4.90 Å². The standard InChI is InChI=1S/C19H22N2O6/c22-17-9-12(18(23)20-6-2-1-3-14(20)19(24)25)11-21(17)13-4-5-15-16(10-13)27-8-7-26-15/h4-5,10,12,14H,1-3,6-9,11H2,(H,24,25). The topological polar surface area (TPSA) is 96.4 Å². The van der Waals surface area contributed by atoms with E-state index in [0.29, 0.717) is 43.4 Å². The number of likely N-dealkylation sites (tertiary alicyclic amines) is 1. The van der Waals surface area contributed by atoms with Gasteiger partial charge < -0.3 is 24.4 Å². The van der Waals surface area contributed by atoms with Crippen LogP contribution in [0.3, 0.4) is 0 Å². The first-order valence-corrected chi connectivity index (χ1v) is 9.28. The van der Waals surface area contributed by atoms with Gasteiger partial charge in [0.15, 0.2) is 11.5 Å². The maximum atomic E-state index is 12.9. The van der Waals surface area contributed by atoms with Crippen LogP contribution in [0.15, 0.2) is 18.2 Å². The molecule has 8 heteroatoms. The summed E-state index contributed by atoms with van der Waals surface area (Å²) in [6.45, 7) is 1.63. The van der Waals surface area contributed by atoms with Gasteiger partial charge in [-0.1, -0.05) is 0 Å². The van der Waals surface area contributed by atoms with Crippen LogP contribution in [0.2, 0.25) is 0 Å². The third-order valence-electron chi connectivity index (χ3n) is 5.38. The van der Waals surface area contributed by atoms with Crippen LogP contribution >= 0.6 is 0 Å². The maximum Gasteiger partial charge on any atom is 0.326 e. The monoisotopic (exact) mass is 374 g/mol. The average molecular weight is 374 g/mol. The predicted molar refractivity (Wildman–Crippen MR) is 94.9 cm³/mol. The molecule has 0 bridgehead atoms. The smallest absolute Gasteiger partial charge is 0.326 e. The molecule has 2 atom stereocenters. The van der Waals surface area contributed by atoms with Gasteiger partial charge in [-0.05, 0) is 31.4 Å². The number of fused-ring (bicyclic) bond motifs is 1. The molecule has 3 heterocycles. The van der Waals surface area contributed by atoms with Gasteiger partial charge in [0.25, 0.3) is 0 Å². The van der Waals surface area contributed by atoms with E-state index in [0.717, 1.165) is 12.8 Å². The summed E-state index contributed by atoms with van der Waals surface area (Å²) in [6, 6.07) is 4.50. The Morgan fingerprint density at radius 2 is 1.89 bits per heavy atom. The number of carbonyl (C=O) groups is 3. The molecular weight excluding hydrogens is 352 g/mol. The number of nitrogens with zero attached hydrogens (tertiary/aromatic N) is 2. The number of hydrogen-bond donors (Lipinski definition) is 1. The molecule has 2 fully saturated rings. The van der Waals surface area contributed by atoms with Crippen molar-refractivity contribution in [3.05, 3.63) is 18.2 Å². The highest BCUT2D eigenvalue weighted by molar-refractivity contribution is 6.01. The number of ether oxygens (including phenoxy) is 2. The van der Waals surface area contributed by atoms with Crippen molar-refractivity contribution in [2.75, 3.05) is 31.2 Å². The summed E-state index contributed by atoms with van der Waals surface area (Å²) in [5.41, 5.74) is 0.660. The lowest BCUT2D eigenvalue weighted by molar-refractivity contribution is -0.153. The Labute approximate surface area is 156 Å². The highest BCUT2D eigenvalue weighted by Gasteiger charge is 2.41. The number of benzene rings is 1. The van der Waals surface area contributed by atoms with Crippen LogP contribution in [0.4, 0.5) is 5.69 Å². The number of carboxylic acids is 1. The van der Waals surface area contributed by atoms with Crippen molar-refractivity contribution in [3.8, 4) is 11.5 Å². The number of anilines is 1. The van der Waals surface area contributed by atoms with E-state index in [2.05, 4.69) is 0 Å². The minimum atomic E-state index is -0.976. The first-order valence-electron chi connectivity index (χ1n) is 9.28. The van der Waals surface area contributed by atoms with Crippen molar-refractivity contribution >= 4 is 23.5 Å². The molecule has 2 saturated heterocycles. The van der Waals surface area contributed by atoms with Gasteiger partial charge in [0.2, 0.25) is 11.8 Å². The van der Waals surface area contributed by atoms with Gasteiger partial charge in [0.1, 0.15) is 19.3 Å². The summed E-state index contributed by atoms with van der Waals surface area (Å²) < 4.78 is 11.1. The Morgan fingerprint density at radius 3 is 2.67 bits per heavy atom. The summed E-state index contributed by atoms with van der Waals surface area (Å²) in [6.07, 6.45) is 2.15. The van der Waals surface area contributed by atoms with Crippen LogP contribution in [0, 0.1) is 5.92 Å². The van der Waals surface area contributed by atoms with Crippen molar-refractivity contribution < 1.29 is 29.0 Å². The summed E-state index contributed by atoms with van der Waals surface area (Å²) in [7, 11) is 0. The van der Waals surface area contributed by atoms with Crippen LogP contribution in [0.25, 0.3) is 0 Å². The fourth-order valence-electron chi connectivity index (χ4n) is 4.01. The molecule has 0 aromatic heterocycles. The van der Waals surface area contributed by atoms with Gasteiger partial charge in [-0.3, -0.25) is 9.59 Å². The molecule has 2 amide bonds. The average Bonchev–Trinajstić information content (AvgIpc) is 3.08. The molecule has 2 unspecified atom stereocenters. The van der Waals surface area contributed by atoms with E-state index in [1.54, 1.807) is 23.1 Å². The highest BCUT2D eigenvalue weighted by atomic mass is 16.6. The lowest BCUT2D eigenvalue weighted by Crippen LogP contribution is -2.50. The molecule has 144 valence electrons. The fourth-order valence-corrected chi connectivity index (χ4v) is 4.01. The molecule has 1 aromatic rings. The fraction of sp³-hybridized carbons (Fsp3) is 0.526. The van der Waals surface area contributed by atoms with Crippen LogP contribution in [0.1, 0.15) is 25.7 Å². The van der Waals surface area contributed by atoms with Gasteiger partial charge in [-0.15, -0.1) is 0 Å². The molecule has 0 radical (unpaired) electrons. The van der Waals surface area contributed by atoms with Crippen LogP contribution in [0.5, 0.6) is 11.5 Å². The van der Waals surface area contributed by atoms with Gasteiger partial charge in [0.05, 0.1) is 5.92 Å². The van der Waals surface area contributed by atoms with E-state index >= 15 is 0 Å². The second-order valence-electron chi connectivity index (χ2n) is 7.11. The Kier molecular flexibility index (Phi) is 4.63. The lowest BCUT2D eigenvalue weighted by Gasteiger charge is -2.34. The van der Waals surface area contributed by atoms with Crippen molar-refractivity contribution in [2.24, 2.45) is 5.92 Å². The molecule has 8 nitrogen and oxygen atoms in total. The van der Waals surface area contributed by atoms with E-state index in [9.17, 15) is 19.5 Å². The quantitative estimate of drug-likeness (QED) is 0.856. The molecule has 0 saturated carbocycles. The molecule has 1 aromatic carbocycles. The second-order valence-corrected chi connectivity index (χ2v) is 7.11. The summed E-state index contributed by atoms with van der Waals surface area (Å²) in [4.78, 5) is 39.9. The van der Waals surface area contributed by atoms with E-state index in [1.807, 2.05) is 0 Å². The predicted octanol–water partition coefficient (Wildman–Crippen LogP) is 1.28. The maximum absolute atomic E-state index is 12.9. The van der Waals surface area contributed by atoms with Crippen LogP contribution in [-0.2, 0) is 14.4 Å². The highest BCUT2D eigenvalue weighted by Crippen LogP contribution is 2.36. The number of rotatable bonds is 3. The molecule has 0 aliphatic carbocycles. The van der Waals surface area contributed by atoms with E-state index < -0.39 is 17.9 Å². The van der Waals surface area contributed by atoms with E-state index in [4.69, 9.17) is 9.47 Å². The zero-order valence-corrected chi connectivity index (χ0v) is 14.9. The van der Waals surface area contributed by atoms with E-state index in [-0.39, 0.29) is 24.8 Å². The number of piperidine rings is 1. The molecule has 0 spiro atoms. The Hall–Kier alpha value is -2.77. The van der Waals surface area contributed by atoms with Crippen molar-refractivity contribution in [2.45, 2.75) is 31.7 Å². The lowest BCUT2D eigenvalue weighted by atomic mass is 9.98. The number of hydrogen-bond acceptors (Lipinski definition) is 5. The Bertz CT molecular complexity index is 779. The first-order chi connectivity index (χ1) is 13.0. The number of carboxylic acid groups (broad SMARTS) is 1. The Balaban J connectivity index is 1.50. The third kappa shape index (κ3) is 3.31. The number of aliphatic carboxylic acids is 1. The molecule has 27 heavy (non-hydrogen) atoms. The molecule has 3 aliphatic heterocycles. The van der Waals surface area contributed by atoms with Gasteiger partial charge in [0, 0.05) is 31.3 Å². The Morgan fingerprint density at radius 1 is 1.11 bits per heavy atom. The van der Waals surface area contributed by atoms with Crippen molar-refractivity contribution in [1.29, 1.82) is 0 Å². The molecule has 4 rings (SSSR count). The van der Waals surface area contributed by atoms with Crippen LogP contribution < -0.4 is 14.4 Å².